The lowest BCUT2D eigenvalue weighted by atomic mass is 9.98. The molecule has 0 saturated carbocycles. The third kappa shape index (κ3) is 3.89. The van der Waals surface area contributed by atoms with E-state index in [1.54, 1.807) is 12.1 Å². The van der Waals surface area contributed by atoms with E-state index in [1.807, 2.05) is 37.3 Å². The second kappa shape index (κ2) is 7.17. The molecule has 0 heterocycles. The second-order valence-corrected chi connectivity index (χ2v) is 4.87. The SMILES string of the molecule is CC[C@@H](O)CNC(c1ccccc1)c1ccc(F)cc1. The van der Waals surface area contributed by atoms with Crippen LogP contribution < -0.4 is 5.32 Å². The standard InChI is InChI=1S/C17H20FNO/c1-2-16(20)12-19-17(13-6-4-3-5-7-13)14-8-10-15(18)11-9-14/h3-11,16-17,19-20H,2,12H2,1H3/t16-,17?/m1/s1. The summed E-state index contributed by atoms with van der Waals surface area (Å²) in [5.41, 5.74) is 2.09. The van der Waals surface area contributed by atoms with Crippen LogP contribution in [0.4, 0.5) is 4.39 Å². The van der Waals surface area contributed by atoms with Crippen molar-refractivity contribution in [2.45, 2.75) is 25.5 Å². The minimum Gasteiger partial charge on any atom is -0.392 e. The molecule has 0 aliphatic carbocycles. The van der Waals surface area contributed by atoms with Crippen molar-refractivity contribution in [3.05, 3.63) is 71.5 Å². The van der Waals surface area contributed by atoms with Crippen molar-refractivity contribution in [2.75, 3.05) is 6.54 Å². The monoisotopic (exact) mass is 273 g/mol. The fraction of sp³-hybridized carbons (Fsp3) is 0.294. The molecular formula is C17H20FNO. The van der Waals surface area contributed by atoms with E-state index in [0.717, 1.165) is 11.1 Å². The first kappa shape index (κ1) is 14.7. The van der Waals surface area contributed by atoms with Gasteiger partial charge in [0.15, 0.2) is 0 Å². The molecule has 0 fully saturated rings. The number of benzene rings is 2. The smallest absolute Gasteiger partial charge is 0.123 e. The lowest BCUT2D eigenvalue weighted by Gasteiger charge is -2.21. The van der Waals surface area contributed by atoms with Crippen LogP contribution in [-0.2, 0) is 0 Å². The summed E-state index contributed by atoms with van der Waals surface area (Å²) in [6, 6.07) is 16.4. The van der Waals surface area contributed by atoms with Crippen LogP contribution in [0.1, 0.15) is 30.5 Å². The van der Waals surface area contributed by atoms with Crippen LogP contribution in [0.2, 0.25) is 0 Å². The van der Waals surface area contributed by atoms with E-state index < -0.39 is 0 Å². The van der Waals surface area contributed by atoms with Crippen LogP contribution in [0.25, 0.3) is 0 Å². The molecule has 2 aromatic rings. The maximum atomic E-state index is 13.1. The third-order valence-corrected chi connectivity index (χ3v) is 3.37. The van der Waals surface area contributed by atoms with Crippen molar-refractivity contribution in [3.63, 3.8) is 0 Å². The molecule has 0 aromatic heterocycles. The van der Waals surface area contributed by atoms with Gasteiger partial charge in [-0.1, -0.05) is 49.4 Å². The Labute approximate surface area is 119 Å². The summed E-state index contributed by atoms with van der Waals surface area (Å²) in [5.74, 6) is -0.242. The van der Waals surface area contributed by atoms with E-state index in [-0.39, 0.29) is 18.0 Å². The molecule has 0 bridgehead atoms. The van der Waals surface area contributed by atoms with Crippen molar-refractivity contribution in [1.82, 2.24) is 5.32 Å². The fourth-order valence-electron chi connectivity index (χ4n) is 2.13. The minimum absolute atomic E-state index is 0.0435. The topological polar surface area (TPSA) is 32.3 Å². The Morgan fingerprint density at radius 3 is 2.20 bits per heavy atom. The van der Waals surface area contributed by atoms with Gasteiger partial charge in [-0.3, -0.25) is 0 Å². The van der Waals surface area contributed by atoms with Gasteiger partial charge in [0.25, 0.3) is 0 Å². The van der Waals surface area contributed by atoms with Crippen molar-refractivity contribution >= 4 is 0 Å². The van der Waals surface area contributed by atoms with Crippen molar-refractivity contribution < 1.29 is 9.50 Å². The Balaban J connectivity index is 2.22. The zero-order valence-electron chi connectivity index (χ0n) is 11.6. The van der Waals surface area contributed by atoms with E-state index in [9.17, 15) is 9.50 Å². The lowest BCUT2D eigenvalue weighted by molar-refractivity contribution is 0.165. The molecule has 3 heteroatoms. The fourth-order valence-corrected chi connectivity index (χ4v) is 2.13. The summed E-state index contributed by atoms with van der Waals surface area (Å²) < 4.78 is 13.1. The summed E-state index contributed by atoms with van der Waals surface area (Å²) in [7, 11) is 0. The zero-order valence-corrected chi connectivity index (χ0v) is 11.6. The van der Waals surface area contributed by atoms with Gasteiger partial charge in [-0.2, -0.15) is 0 Å². The molecule has 0 amide bonds. The molecule has 0 radical (unpaired) electrons. The first-order chi connectivity index (χ1) is 9.70. The summed E-state index contributed by atoms with van der Waals surface area (Å²) in [6.07, 6.45) is 0.333. The van der Waals surface area contributed by atoms with E-state index in [4.69, 9.17) is 0 Å². The number of hydrogen-bond donors (Lipinski definition) is 2. The highest BCUT2D eigenvalue weighted by molar-refractivity contribution is 5.31. The third-order valence-electron chi connectivity index (χ3n) is 3.37. The molecule has 0 aliphatic heterocycles. The number of rotatable bonds is 6. The molecule has 0 aliphatic rings. The highest BCUT2D eigenvalue weighted by Gasteiger charge is 2.14. The quantitative estimate of drug-likeness (QED) is 0.846. The number of halogens is 1. The van der Waals surface area contributed by atoms with Crippen molar-refractivity contribution in [2.24, 2.45) is 0 Å². The maximum absolute atomic E-state index is 13.1. The zero-order chi connectivity index (χ0) is 14.4. The van der Waals surface area contributed by atoms with E-state index in [0.29, 0.717) is 13.0 Å². The first-order valence-electron chi connectivity index (χ1n) is 6.92. The van der Waals surface area contributed by atoms with Crippen LogP contribution in [0.5, 0.6) is 0 Å². The Morgan fingerprint density at radius 2 is 1.60 bits per heavy atom. The maximum Gasteiger partial charge on any atom is 0.123 e. The van der Waals surface area contributed by atoms with Gasteiger partial charge < -0.3 is 10.4 Å². The highest BCUT2D eigenvalue weighted by atomic mass is 19.1. The van der Waals surface area contributed by atoms with Crippen LogP contribution >= 0.6 is 0 Å². The summed E-state index contributed by atoms with van der Waals surface area (Å²) in [6.45, 7) is 2.45. The van der Waals surface area contributed by atoms with Gasteiger partial charge in [0.05, 0.1) is 12.1 Å². The Bertz CT molecular complexity index is 512. The Hall–Kier alpha value is -1.71. The van der Waals surface area contributed by atoms with Gasteiger partial charge >= 0.3 is 0 Å². The van der Waals surface area contributed by atoms with Crippen LogP contribution in [-0.4, -0.2) is 17.8 Å². The molecule has 20 heavy (non-hydrogen) atoms. The van der Waals surface area contributed by atoms with Gasteiger partial charge in [0, 0.05) is 6.54 Å². The number of hydrogen-bond acceptors (Lipinski definition) is 2. The summed E-state index contributed by atoms with van der Waals surface area (Å²) in [4.78, 5) is 0. The lowest BCUT2D eigenvalue weighted by Crippen LogP contribution is -2.30. The van der Waals surface area contributed by atoms with Crippen molar-refractivity contribution in [3.8, 4) is 0 Å². The molecule has 0 spiro atoms. The normalized spacial score (nSPS) is 13.9. The first-order valence-corrected chi connectivity index (χ1v) is 6.92. The molecule has 106 valence electrons. The largest absolute Gasteiger partial charge is 0.392 e. The average molecular weight is 273 g/mol. The van der Waals surface area contributed by atoms with E-state index in [2.05, 4.69) is 5.32 Å². The van der Waals surface area contributed by atoms with Gasteiger partial charge in [-0.25, -0.2) is 4.39 Å². The predicted molar refractivity (Wildman–Crippen MR) is 79.0 cm³/mol. The minimum atomic E-state index is -0.373. The predicted octanol–water partition coefficient (Wildman–Crippen LogP) is 3.28. The summed E-state index contributed by atoms with van der Waals surface area (Å²) >= 11 is 0. The van der Waals surface area contributed by atoms with Gasteiger partial charge in [0.2, 0.25) is 0 Å². The molecule has 1 unspecified atom stereocenters. The van der Waals surface area contributed by atoms with E-state index >= 15 is 0 Å². The number of aliphatic hydroxyl groups excluding tert-OH is 1. The summed E-state index contributed by atoms with van der Waals surface area (Å²) in [5, 5.41) is 13.1. The van der Waals surface area contributed by atoms with Crippen LogP contribution in [0.3, 0.4) is 0 Å². The molecule has 2 N–H and O–H groups in total. The number of nitrogens with one attached hydrogen (secondary N) is 1. The molecule has 2 rings (SSSR count). The number of aliphatic hydroxyl groups is 1. The van der Waals surface area contributed by atoms with Crippen LogP contribution in [0, 0.1) is 5.82 Å². The van der Waals surface area contributed by atoms with Gasteiger partial charge in [-0.15, -0.1) is 0 Å². The van der Waals surface area contributed by atoms with Crippen molar-refractivity contribution in [1.29, 1.82) is 0 Å². The highest BCUT2D eigenvalue weighted by Crippen LogP contribution is 2.22. The average Bonchev–Trinajstić information content (AvgIpc) is 2.50. The second-order valence-electron chi connectivity index (χ2n) is 4.87. The van der Waals surface area contributed by atoms with Gasteiger partial charge in [-0.05, 0) is 29.7 Å². The molecule has 0 saturated heterocycles. The molecular weight excluding hydrogens is 253 g/mol. The van der Waals surface area contributed by atoms with Gasteiger partial charge in [0.1, 0.15) is 5.82 Å². The molecule has 2 nitrogen and oxygen atoms in total. The van der Waals surface area contributed by atoms with E-state index in [1.165, 1.54) is 12.1 Å². The van der Waals surface area contributed by atoms with Crippen LogP contribution in [0.15, 0.2) is 54.6 Å². The molecule has 2 aromatic carbocycles. The Morgan fingerprint density at radius 1 is 1.00 bits per heavy atom. The Kier molecular flexibility index (Phi) is 5.27. The molecule has 2 atom stereocenters.